The van der Waals surface area contributed by atoms with E-state index in [1.165, 1.54) is 26.4 Å². The number of benzene rings is 2. The molecule has 0 fully saturated rings. The van der Waals surface area contributed by atoms with Gasteiger partial charge in [0.1, 0.15) is 59.5 Å². The van der Waals surface area contributed by atoms with Crippen LogP contribution in [0.1, 0.15) is 319 Å². The van der Waals surface area contributed by atoms with E-state index in [4.69, 9.17) is 91.4 Å². The number of unbranched alkanes of at least 4 members (excludes halogenated alkanes) is 24. The third-order valence-corrected chi connectivity index (χ3v) is 24.1. The quantitative estimate of drug-likeness (QED) is 0.0152. The maximum absolute atomic E-state index is 14.6. The number of nitriles is 1. The lowest BCUT2D eigenvalue weighted by atomic mass is 10.1. The number of methoxy groups -OCH3 is 2. The molecule has 1 heterocycles. The van der Waals surface area contributed by atoms with Crippen molar-refractivity contribution in [2.24, 2.45) is 10.2 Å². The minimum absolute atomic E-state index is 0.00139. The van der Waals surface area contributed by atoms with Gasteiger partial charge in [-0.2, -0.15) is 5.26 Å². The van der Waals surface area contributed by atoms with Crippen LogP contribution in [0.25, 0.3) is 0 Å². The van der Waals surface area contributed by atoms with Gasteiger partial charge in [-0.15, -0.1) is 10.2 Å². The number of aliphatic hydroxyl groups excluding tert-OH is 3. The normalized spacial score (nSPS) is 11.2. The lowest BCUT2D eigenvalue weighted by molar-refractivity contribution is -0.146. The molecular formula is C103H161N7O32S. The highest BCUT2D eigenvalue weighted by atomic mass is 32.2. The van der Waals surface area contributed by atoms with Crippen LogP contribution in [0.2, 0.25) is 0 Å². The van der Waals surface area contributed by atoms with E-state index in [1.54, 1.807) is 24.0 Å². The largest absolute Gasteiger partial charge is 0.495 e. The third kappa shape index (κ3) is 66.8. The fraction of sp³-hybridized carbons (Fsp3) is 0.709. The summed E-state index contributed by atoms with van der Waals surface area (Å²) in [6, 6.07) is 13.9. The van der Waals surface area contributed by atoms with Crippen molar-refractivity contribution in [1.82, 2.24) is 9.88 Å². The number of aromatic nitrogens is 1. The Morgan fingerprint density at radius 3 is 0.937 bits per heavy atom. The van der Waals surface area contributed by atoms with Crippen LogP contribution in [-0.4, -0.2) is 264 Å². The third-order valence-electron chi connectivity index (χ3n) is 22.4. The zero-order chi connectivity index (χ0) is 104. The molecule has 0 aliphatic rings. The lowest BCUT2D eigenvalue weighted by Crippen LogP contribution is -2.36. The molecule has 3 aromatic rings. The van der Waals surface area contributed by atoms with E-state index in [0.29, 0.717) is 256 Å². The Bertz CT molecular complexity index is 4170. The molecule has 3 rings (SSSR count). The van der Waals surface area contributed by atoms with Crippen LogP contribution in [0, 0.1) is 18.3 Å². The van der Waals surface area contributed by atoms with E-state index in [-0.39, 0.29) is 275 Å². The van der Waals surface area contributed by atoms with Crippen molar-refractivity contribution in [2.75, 3.05) is 169 Å². The second-order valence-corrected chi connectivity index (χ2v) is 36.5. The summed E-state index contributed by atoms with van der Waals surface area (Å²) >= 11 is 0. The number of nitrogens with zero attached hydrogens (tertiary/aromatic N) is 5. The van der Waals surface area contributed by atoms with Crippen molar-refractivity contribution in [3.63, 3.8) is 0 Å². The number of pyridine rings is 1. The number of azo groups is 1. The highest BCUT2D eigenvalue weighted by Gasteiger charge is 2.27. The molecule has 0 amide bonds. The van der Waals surface area contributed by atoms with Crippen LogP contribution in [0.5, 0.6) is 11.5 Å². The van der Waals surface area contributed by atoms with E-state index in [2.05, 4.69) is 26.9 Å². The van der Waals surface area contributed by atoms with E-state index < -0.39 is 33.5 Å². The number of ether oxygens (including phenoxy) is 15. The molecular weight excluding hydrogens is 1880 g/mol. The maximum atomic E-state index is 14.6. The molecule has 1 aromatic heterocycles. The van der Waals surface area contributed by atoms with Gasteiger partial charge in [0, 0.05) is 146 Å². The first-order valence-corrected chi connectivity index (χ1v) is 53.0. The molecule has 0 saturated carbocycles. The van der Waals surface area contributed by atoms with Gasteiger partial charge >= 0.3 is 71.6 Å². The summed E-state index contributed by atoms with van der Waals surface area (Å²) in [5, 5.41) is 52.6. The van der Waals surface area contributed by atoms with Crippen molar-refractivity contribution >= 4 is 110 Å². The number of hydrogen-bond acceptors (Lipinski definition) is 39. The van der Waals surface area contributed by atoms with Gasteiger partial charge in [-0.25, -0.2) is 13.4 Å². The summed E-state index contributed by atoms with van der Waals surface area (Å²) in [4.78, 5) is 154. The Labute approximate surface area is 843 Å². The van der Waals surface area contributed by atoms with Gasteiger partial charge in [0.2, 0.25) is 0 Å². The summed E-state index contributed by atoms with van der Waals surface area (Å²) in [6.07, 6.45) is 25.3. The number of nitrogens with one attached hydrogen (secondary N) is 2. The second kappa shape index (κ2) is 84.6. The van der Waals surface area contributed by atoms with Gasteiger partial charge < -0.3 is 97.0 Å². The topological polar surface area (TPSA) is 527 Å². The molecule has 5 N–H and O–H groups in total. The van der Waals surface area contributed by atoms with Crippen LogP contribution in [0.15, 0.2) is 57.6 Å². The smallest absolute Gasteiger partial charge is 0.305 e. The van der Waals surface area contributed by atoms with Crippen molar-refractivity contribution in [2.45, 2.75) is 320 Å². The molecule has 0 radical (unpaired) electrons. The Morgan fingerprint density at radius 1 is 0.350 bits per heavy atom. The fourth-order valence-electron chi connectivity index (χ4n) is 14.1. The molecule has 40 heteroatoms. The zero-order valence-electron chi connectivity index (χ0n) is 84.9. The van der Waals surface area contributed by atoms with E-state index in [9.17, 15) is 71.2 Å². The number of esters is 12. The number of carbonyl (C=O) groups is 12. The molecule has 0 aliphatic carbocycles. The molecule has 0 atom stereocenters. The molecule has 0 bridgehead atoms. The maximum Gasteiger partial charge on any atom is 0.305 e. The number of aliphatic hydroxyl groups is 3. The molecule has 0 aliphatic heterocycles. The van der Waals surface area contributed by atoms with Gasteiger partial charge in [0.05, 0.1) is 98.2 Å². The second-order valence-electron chi connectivity index (χ2n) is 34.4. The van der Waals surface area contributed by atoms with Crippen molar-refractivity contribution in [3.05, 3.63) is 53.6 Å². The Balaban J connectivity index is 1.52. The van der Waals surface area contributed by atoms with E-state index >= 15 is 0 Å². The molecule has 806 valence electrons. The number of rotatable bonds is 92. The Morgan fingerprint density at radius 2 is 0.643 bits per heavy atom. The Hall–Kier alpha value is -10.7. The van der Waals surface area contributed by atoms with Crippen LogP contribution in [-0.2, 0) is 129 Å². The average molecular weight is 2040 g/mol. The number of hydrogen-bond donors (Lipinski definition) is 5. The monoisotopic (exact) mass is 2040 g/mol. The molecule has 0 spiro atoms. The van der Waals surface area contributed by atoms with Gasteiger partial charge in [-0.05, 0) is 231 Å². The molecule has 0 saturated heterocycles. The van der Waals surface area contributed by atoms with Crippen LogP contribution >= 0.6 is 0 Å². The number of anilines is 3. The summed E-state index contributed by atoms with van der Waals surface area (Å²) in [7, 11) is -1.64. The molecule has 39 nitrogen and oxygen atoms in total. The first kappa shape index (κ1) is 126. The standard InChI is InChI=1S/C103H161N7O32S/c1-82-84(81-104)102(105-57-73-130-76-77-142-100(125)56-30-16-42-72-139-97(122)53-27-13-39-69-136-94(119)50-24-10-36-66-133-91(116)47-21-7-33-63-113)107-103(106-83-43-17-4-18-44-83)101(82)109-108-85-79-87(129-3)88(80-86(85)128-2)143(126,127)78-60-110(58-74-140-98(123)54-28-14-40-70-137-95(120)51-25-11-37-67-134-92(117)48-22-8-34-64-131-89(114)45-19-5-31-61-111)59-75-141-99(124)55-29-15-41-71-138-96(121)52-26-12-38-68-135-93(118)49-23-9-35-65-132-90(115)46-20-6-32-62-112/h4,17-18,43-44,79-80,111-113H,5-16,19-42,45-78H2,1-3H3,(H2,105,106,107). The molecule has 2 aromatic carbocycles. The van der Waals surface area contributed by atoms with Gasteiger partial charge in [0.25, 0.3) is 0 Å². The average Bonchev–Trinajstić information content (AvgIpc) is 0.786. The summed E-state index contributed by atoms with van der Waals surface area (Å²) in [6.45, 7) is 4.30. The predicted octanol–water partition coefficient (Wildman–Crippen LogP) is 16.2. The van der Waals surface area contributed by atoms with Gasteiger partial charge in [-0.3, -0.25) is 62.4 Å². The Kier molecular flexibility index (Phi) is 74.8. The first-order chi connectivity index (χ1) is 69.4. The van der Waals surface area contributed by atoms with Gasteiger partial charge in [-0.1, -0.05) is 37.5 Å². The highest BCUT2D eigenvalue weighted by molar-refractivity contribution is 7.91. The first-order valence-electron chi connectivity index (χ1n) is 51.4. The van der Waals surface area contributed by atoms with E-state index in [1.807, 2.05) is 18.2 Å². The fourth-order valence-corrected chi connectivity index (χ4v) is 15.5. The summed E-state index contributed by atoms with van der Waals surface area (Å²) < 4.78 is 111. The van der Waals surface area contributed by atoms with E-state index in [0.717, 1.165) is 25.7 Å². The number of sulfone groups is 1. The highest BCUT2D eigenvalue weighted by Crippen LogP contribution is 2.41. The lowest BCUT2D eigenvalue weighted by Gasteiger charge is -2.22. The van der Waals surface area contributed by atoms with Crippen LogP contribution < -0.4 is 20.1 Å². The van der Waals surface area contributed by atoms with Crippen molar-refractivity contribution in [3.8, 4) is 17.6 Å². The van der Waals surface area contributed by atoms with Gasteiger partial charge in [0.15, 0.2) is 15.7 Å². The minimum Gasteiger partial charge on any atom is -0.495 e. The molecule has 0 unspecified atom stereocenters. The number of para-hydroxylation sites is 1. The summed E-state index contributed by atoms with van der Waals surface area (Å²) in [5.41, 5.74) is 1.32. The molecule has 143 heavy (non-hydrogen) atoms. The van der Waals surface area contributed by atoms with Crippen LogP contribution in [0.4, 0.5) is 28.7 Å². The number of carbonyl (C=O) groups excluding carboxylic acids is 12. The van der Waals surface area contributed by atoms with Crippen molar-refractivity contribution in [1.29, 1.82) is 5.26 Å². The van der Waals surface area contributed by atoms with Crippen molar-refractivity contribution < 1.29 is 152 Å². The SMILES string of the molecule is COc1cc(S(=O)(=O)CCN(CCOC(=O)CCCCCOC(=O)CCCCCOC(=O)CCCCCOC(=O)CCCCCO)CCOC(=O)CCCCCOC(=O)CCCCCOC(=O)CCCCCOC(=O)CCCCCO)c(OC)cc1N=Nc1c(Nc2ccccc2)nc(NCCOCCOC(=O)CCCCCOC(=O)CCCCCOC(=O)CCCCCOC(=O)CCCCCO)c(C#N)c1C. The van der Waals surface area contributed by atoms with Crippen LogP contribution in [0.3, 0.4) is 0 Å². The minimum atomic E-state index is -4.25. The predicted molar refractivity (Wildman–Crippen MR) is 529 cm³/mol. The zero-order valence-corrected chi connectivity index (χ0v) is 85.7. The summed E-state index contributed by atoms with van der Waals surface area (Å²) in [5.74, 6) is -4.34.